The third-order valence-electron chi connectivity index (χ3n) is 8.27. The van der Waals surface area contributed by atoms with Gasteiger partial charge in [0.2, 0.25) is 17.7 Å². The number of nitrogens with two attached hydrogens (primary N) is 1. The number of benzene rings is 1. The predicted octanol–water partition coefficient (Wildman–Crippen LogP) is 2.36. The predicted molar refractivity (Wildman–Crippen MR) is 130 cm³/mol. The van der Waals surface area contributed by atoms with Crippen LogP contribution in [0.25, 0.3) is 0 Å². The first-order chi connectivity index (χ1) is 16.8. The van der Waals surface area contributed by atoms with Crippen LogP contribution in [0.2, 0.25) is 0 Å². The number of nitro benzene ring substituents is 1. The Kier molecular flexibility index (Phi) is 6.08. The van der Waals surface area contributed by atoms with Gasteiger partial charge < -0.3 is 10.6 Å². The lowest BCUT2D eigenvalue weighted by atomic mass is 9.83. The number of imide groups is 1. The molecule has 35 heavy (non-hydrogen) atoms. The number of likely N-dealkylation sites (tertiary alicyclic amines) is 1. The summed E-state index contributed by atoms with van der Waals surface area (Å²) < 4.78 is 0. The molecule has 4 aliphatic rings. The molecule has 2 unspecified atom stereocenters. The molecule has 0 spiro atoms. The van der Waals surface area contributed by atoms with Crippen molar-refractivity contribution >= 4 is 34.8 Å². The maximum Gasteiger partial charge on any atom is 0.294 e. The average Bonchev–Trinajstić information content (AvgIpc) is 3.14. The zero-order valence-corrected chi connectivity index (χ0v) is 19.7. The zero-order chi connectivity index (χ0) is 24.7. The van der Waals surface area contributed by atoms with Crippen molar-refractivity contribution in [1.29, 1.82) is 0 Å². The quantitative estimate of drug-likeness (QED) is 0.296. The second-order valence-electron chi connectivity index (χ2n) is 10.0. The minimum absolute atomic E-state index is 0.152. The van der Waals surface area contributed by atoms with E-state index in [0.717, 1.165) is 37.3 Å². The lowest BCUT2D eigenvalue weighted by molar-refractivity contribution is -0.384. The van der Waals surface area contributed by atoms with Gasteiger partial charge in [-0.1, -0.05) is 18.6 Å². The summed E-state index contributed by atoms with van der Waals surface area (Å²) in [5.74, 6) is -1.71. The van der Waals surface area contributed by atoms with Gasteiger partial charge in [-0.2, -0.15) is 0 Å². The molecule has 3 aliphatic heterocycles. The van der Waals surface area contributed by atoms with Gasteiger partial charge in [0.05, 0.1) is 22.4 Å². The Hall–Kier alpha value is -3.27. The fourth-order valence-electron chi connectivity index (χ4n) is 6.28. The van der Waals surface area contributed by atoms with E-state index in [-0.39, 0.29) is 29.1 Å². The van der Waals surface area contributed by atoms with Crippen molar-refractivity contribution in [2.45, 2.75) is 50.5 Å². The molecule has 2 N–H and O–H groups in total. The van der Waals surface area contributed by atoms with Crippen molar-refractivity contribution in [2.75, 3.05) is 36.0 Å². The third-order valence-corrected chi connectivity index (χ3v) is 8.27. The van der Waals surface area contributed by atoms with Gasteiger partial charge in [0, 0.05) is 19.2 Å². The summed E-state index contributed by atoms with van der Waals surface area (Å²) in [6.07, 6.45) is 9.07. The molecule has 1 aliphatic carbocycles. The minimum Gasteiger partial charge on any atom is -0.368 e. The summed E-state index contributed by atoms with van der Waals surface area (Å²) >= 11 is 0. The molecule has 5 rings (SSSR count). The molecule has 3 fully saturated rings. The first kappa shape index (κ1) is 23.5. The van der Waals surface area contributed by atoms with Gasteiger partial charge in [0.1, 0.15) is 11.2 Å². The number of carbonyl (C=O) groups is 3. The summed E-state index contributed by atoms with van der Waals surface area (Å²) in [7, 11) is 0. The molecule has 3 saturated heterocycles. The first-order valence-electron chi connectivity index (χ1n) is 12.4. The molecule has 1 aromatic rings. The molecule has 10 nitrogen and oxygen atoms in total. The monoisotopic (exact) mass is 481 g/mol. The van der Waals surface area contributed by atoms with Gasteiger partial charge in [-0.15, -0.1) is 0 Å². The van der Waals surface area contributed by atoms with Crippen LogP contribution >= 0.6 is 0 Å². The van der Waals surface area contributed by atoms with Crippen LogP contribution in [0.4, 0.5) is 17.1 Å². The minimum atomic E-state index is -0.718. The lowest BCUT2D eigenvalue weighted by Gasteiger charge is -2.48. The Morgan fingerprint density at radius 1 is 0.971 bits per heavy atom. The second kappa shape index (κ2) is 9.07. The van der Waals surface area contributed by atoms with E-state index in [1.54, 1.807) is 12.1 Å². The fourth-order valence-corrected chi connectivity index (χ4v) is 6.28. The Labute approximate surface area is 203 Å². The van der Waals surface area contributed by atoms with Crippen molar-refractivity contribution < 1.29 is 19.3 Å². The van der Waals surface area contributed by atoms with E-state index >= 15 is 0 Å². The van der Waals surface area contributed by atoms with Crippen LogP contribution in [0.3, 0.4) is 0 Å². The van der Waals surface area contributed by atoms with Crippen LogP contribution in [-0.2, 0) is 14.4 Å². The van der Waals surface area contributed by atoms with Crippen molar-refractivity contribution in [2.24, 2.45) is 17.6 Å². The molecule has 186 valence electrons. The highest BCUT2D eigenvalue weighted by atomic mass is 16.6. The zero-order valence-electron chi connectivity index (χ0n) is 19.7. The van der Waals surface area contributed by atoms with E-state index in [0.29, 0.717) is 44.5 Å². The maximum atomic E-state index is 12.9. The van der Waals surface area contributed by atoms with Crippen molar-refractivity contribution in [1.82, 2.24) is 4.90 Å². The molecule has 3 heterocycles. The lowest BCUT2D eigenvalue weighted by Crippen LogP contribution is -2.63. The Morgan fingerprint density at radius 2 is 1.57 bits per heavy atom. The molecular formula is C25H31N5O5. The largest absolute Gasteiger partial charge is 0.368 e. The van der Waals surface area contributed by atoms with Gasteiger partial charge in [-0.05, 0) is 63.7 Å². The molecule has 0 aromatic heterocycles. The van der Waals surface area contributed by atoms with E-state index in [1.165, 1.54) is 6.07 Å². The van der Waals surface area contributed by atoms with Crippen molar-refractivity contribution in [3.05, 3.63) is 40.5 Å². The highest BCUT2D eigenvalue weighted by molar-refractivity contribution is 6.22. The fraction of sp³-hybridized carbons (Fsp3) is 0.560. The van der Waals surface area contributed by atoms with E-state index in [4.69, 9.17) is 5.73 Å². The molecule has 0 bridgehead atoms. The van der Waals surface area contributed by atoms with Gasteiger partial charge >= 0.3 is 0 Å². The van der Waals surface area contributed by atoms with Crippen LogP contribution in [0.15, 0.2) is 30.4 Å². The number of nitrogens with zero attached hydrogens (tertiary/aromatic N) is 4. The molecule has 2 atom stereocenters. The van der Waals surface area contributed by atoms with Crippen LogP contribution in [0.5, 0.6) is 0 Å². The number of hydrogen-bond donors (Lipinski definition) is 1. The summed E-state index contributed by atoms with van der Waals surface area (Å²) in [5.41, 5.74) is 5.67. The number of piperidine rings is 2. The topological polar surface area (TPSA) is 130 Å². The Bertz CT molecular complexity index is 1060. The maximum absolute atomic E-state index is 12.9. The van der Waals surface area contributed by atoms with Crippen molar-refractivity contribution in [3.8, 4) is 0 Å². The van der Waals surface area contributed by atoms with E-state index in [1.807, 2.05) is 17.1 Å². The number of amides is 3. The number of carbonyl (C=O) groups excluding carboxylic acids is 3. The number of rotatable bonds is 5. The van der Waals surface area contributed by atoms with Crippen LogP contribution in [0, 0.1) is 22.0 Å². The van der Waals surface area contributed by atoms with E-state index < -0.39 is 22.3 Å². The number of primary amides is 1. The number of hydrogen-bond acceptors (Lipinski definition) is 7. The highest BCUT2D eigenvalue weighted by Crippen LogP contribution is 2.41. The molecule has 0 radical (unpaired) electrons. The van der Waals surface area contributed by atoms with Crippen molar-refractivity contribution in [3.63, 3.8) is 0 Å². The molecule has 10 heteroatoms. The van der Waals surface area contributed by atoms with E-state index in [9.17, 15) is 24.5 Å². The summed E-state index contributed by atoms with van der Waals surface area (Å²) in [5, 5.41) is 12.0. The first-order valence-corrected chi connectivity index (χ1v) is 12.4. The Balaban J connectivity index is 1.39. The smallest absolute Gasteiger partial charge is 0.294 e. The Morgan fingerprint density at radius 3 is 2.11 bits per heavy atom. The summed E-state index contributed by atoms with van der Waals surface area (Å²) in [6, 6.07) is 4.56. The number of allylic oxidation sites excluding steroid dienone is 2. The summed E-state index contributed by atoms with van der Waals surface area (Å²) in [6.45, 7) is 2.59. The molecule has 3 amide bonds. The number of nitro groups is 1. The van der Waals surface area contributed by atoms with Crippen LogP contribution in [-0.4, -0.2) is 59.3 Å². The normalized spacial score (nSPS) is 26.6. The second-order valence-corrected chi connectivity index (χ2v) is 10.0. The number of anilines is 2. The SMILES string of the molecule is NC(=O)C1(N2CCCCC2)CCN(c2ccc(N3C(=O)C4CC=CCC4C3=O)cc2[N+](=O)[O-])CC1. The van der Waals surface area contributed by atoms with Gasteiger partial charge in [0.15, 0.2) is 0 Å². The third kappa shape index (κ3) is 3.89. The van der Waals surface area contributed by atoms with Gasteiger partial charge in [0.25, 0.3) is 5.69 Å². The molecule has 0 saturated carbocycles. The number of fused-ring (bicyclic) bond motifs is 1. The standard InChI is InChI=1S/C25H31N5O5/c26-24(33)25(28-12-4-1-5-13-28)10-14-27(15-11-25)20-9-8-17(16-21(20)30(34)35)29-22(31)18-6-2-3-7-19(18)23(29)32/h2-3,8-9,16,18-19H,1,4-7,10-15H2,(H2,26,33). The molecule has 1 aromatic carbocycles. The van der Waals surface area contributed by atoms with Crippen LogP contribution < -0.4 is 15.5 Å². The molecular weight excluding hydrogens is 450 g/mol. The average molecular weight is 482 g/mol. The summed E-state index contributed by atoms with van der Waals surface area (Å²) in [4.78, 5) is 55.2. The highest BCUT2D eigenvalue weighted by Gasteiger charge is 2.49. The van der Waals surface area contributed by atoms with Gasteiger partial charge in [-0.25, -0.2) is 4.90 Å². The van der Waals surface area contributed by atoms with Gasteiger partial charge in [-0.3, -0.25) is 29.4 Å². The van der Waals surface area contributed by atoms with E-state index in [2.05, 4.69) is 4.90 Å². The van der Waals surface area contributed by atoms with Crippen LogP contribution in [0.1, 0.15) is 44.9 Å².